The van der Waals surface area contributed by atoms with E-state index in [1.165, 1.54) is 67.5 Å². The smallest absolute Gasteiger partial charge is 0.0656 e. The molecule has 1 aliphatic rings. The van der Waals surface area contributed by atoms with Crippen LogP contribution < -0.4 is 10.6 Å². The summed E-state index contributed by atoms with van der Waals surface area (Å²) < 4.78 is 0. The number of fused-ring (bicyclic) bond motifs is 1. The van der Waals surface area contributed by atoms with Crippen LogP contribution in [0.4, 0.5) is 0 Å². The average molecular weight is 387 g/mol. The molecule has 3 rings (SSSR count). The highest BCUT2D eigenvalue weighted by Crippen LogP contribution is 2.22. The van der Waals surface area contributed by atoms with Gasteiger partial charge in [0.15, 0.2) is 0 Å². The maximum absolute atomic E-state index is 4.41. The molecule has 0 unspecified atom stereocenters. The number of likely N-dealkylation sites (N-methyl/N-ethyl adjacent to an activating group) is 2. The molecule has 0 aliphatic heterocycles. The summed E-state index contributed by atoms with van der Waals surface area (Å²) in [4.78, 5) is 0. The second-order valence-electron chi connectivity index (χ2n) is 7.55. The number of aromatic amines is 1. The SMILES string of the molecule is CCCCc1n[nH]c2c1CCCC2.CCNCCNC.Cc1ccc(C)cc1. The van der Waals surface area contributed by atoms with E-state index in [4.69, 9.17) is 0 Å². The van der Waals surface area contributed by atoms with Crippen molar-refractivity contribution in [2.75, 3.05) is 26.7 Å². The minimum Gasteiger partial charge on any atom is -0.318 e. The normalized spacial score (nSPS) is 12.3. The largest absolute Gasteiger partial charge is 0.318 e. The minimum atomic E-state index is 1.06. The molecule has 4 heteroatoms. The van der Waals surface area contributed by atoms with E-state index in [-0.39, 0.29) is 0 Å². The lowest BCUT2D eigenvalue weighted by Gasteiger charge is -2.10. The van der Waals surface area contributed by atoms with Crippen LogP contribution in [-0.4, -0.2) is 36.9 Å². The Morgan fingerprint density at radius 1 is 0.964 bits per heavy atom. The van der Waals surface area contributed by atoms with Gasteiger partial charge in [0, 0.05) is 18.8 Å². The van der Waals surface area contributed by atoms with Gasteiger partial charge in [-0.3, -0.25) is 5.10 Å². The Morgan fingerprint density at radius 3 is 2.18 bits per heavy atom. The number of nitrogens with zero attached hydrogens (tertiary/aromatic N) is 1. The Balaban J connectivity index is 0.000000227. The van der Waals surface area contributed by atoms with E-state index < -0.39 is 0 Å². The van der Waals surface area contributed by atoms with E-state index in [1.54, 1.807) is 5.56 Å². The first kappa shape index (κ1) is 24.4. The van der Waals surface area contributed by atoms with Crippen LogP contribution >= 0.6 is 0 Å². The molecule has 0 saturated heterocycles. The third-order valence-corrected chi connectivity index (χ3v) is 4.93. The van der Waals surface area contributed by atoms with Crippen LogP contribution in [-0.2, 0) is 19.3 Å². The molecule has 0 saturated carbocycles. The number of H-pyrrole nitrogens is 1. The van der Waals surface area contributed by atoms with E-state index in [2.05, 4.69) is 72.8 Å². The van der Waals surface area contributed by atoms with Gasteiger partial charge in [-0.05, 0) is 71.5 Å². The van der Waals surface area contributed by atoms with Crippen LogP contribution in [0.1, 0.15) is 67.6 Å². The molecule has 0 atom stereocenters. The number of nitrogens with one attached hydrogen (secondary N) is 3. The van der Waals surface area contributed by atoms with Crippen molar-refractivity contribution < 1.29 is 0 Å². The molecule has 3 N–H and O–H groups in total. The van der Waals surface area contributed by atoms with Crippen LogP contribution in [0.25, 0.3) is 0 Å². The Hall–Kier alpha value is -1.65. The summed E-state index contributed by atoms with van der Waals surface area (Å²) in [7, 11) is 1.96. The first-order valence-electron chi connectivity index (χ1n) is 11.1. The molecule has 0 spiro atoms. The number of hydrogen-bond donors (Lipinski definition) is 3. The van der Waals surface area contributed by atoms with Gasteiger partial charge < -0.3 is 10.6 Å². The van der Waals surface area contributed by atoms with Crippen LogP contribution in [0.15, 0.2) is 24.3 Å². The fourth-order valence-electron chi connectivity index (χ4n) is 3.13. The van der Waals surface area contributed by atoms with Gasteiger partial charge in [0.1, 0.15) is 0 Å². The quantitative estimate of drug-likeness (QED) is 0.602. The summed E-state index contributed by atoms with van der Waals surface area (Å²) in [5.41, 5.74) is 6.96. The maximum Gasteiger partial charge on any atom is 0.0656 e. The molecule has 0 radical (unpaired) electrons. The van der Waals surface area contributed by atoms with E-state index in [0.717, 1.165) is 19.6 Å². The first-order chi connectivity index (χ1) is 13.6. The molecule has 1 aromatic heterocycles. The molecular weight excluding hydrogens is 344 g/mol. The van der Waals surface area contributed by atoms with Crippen LogP contribution in [0.2, 0.25) is 0 Å². The molecule has 2 aromatic rings. The molecule has 158 valence electrons. The second kappa shape index (κ2) is 15.3. The lowest BCUT2D eigenvalue weighted by molar-refractivity contribution is 0.669. The highest BCUT2D eigenvalue weighted by Gasteiger charge is 2.15. The first-order valence-corrected chi connectivity index (χ1v) is 11.1. The molecule has 1 aliphatic carbocycles. The van der Waals surface area contributed by atoms with E-state index in [1.807, 2.05) is 7.05 Å². The van der Waals surface area contributed by atoms with Crippen molar-refractivity contribution in [2.45, 2.75) is 72.6 Å². The molecule has 4 nitrogen and oxygen atoms in total. The average Bonchev–Trinajstić information content (AvgIpc) is 3.13. The van der Waals surface area contributed by atoms with Crippen LogP contribution in [0.3, 0.4) is 0 Å². The topological polar surface area (TPSA) is 52.7 Å². The van der Waals surface area contributed by atoms with Crippen LogP contribution in [0.5, 0.6) is 0 Å². The van der Waals surface area contributed by atoms with Crippen molar-refractivity contribution in [3.63, 3.8) is 0 Å². The molecule has 0 bridgehead atoms. The molecular formula is C24H42N4. The standard InChI is InChI=1S/C11H18N2.C8H10.C5H14N2/c1-2-3-7-10-9-6-4-5-8-11(9)13-12-10;1-7-3-5-8(2)6-4-7;1-3-7-5-4-6-2/h2-8H2,1H3,(H,12,13);3-6H,1-2H3;6-7H,3-5H2,1-2H3. The lowest BCUT2D eigenvalue weighted by atomic mass is 9.94. The zero-order chi connectivity index (χ0) is 20.6. The fraction of sp³-hybridized carbons (Fsp3) is 0.625. The van der Waals surface area contributed by atoms with E-state index in [0.29, 0.717) is 0 Å². The van der Waals surface area contributed by atoms with Crippen LogP contribution in [0, 0.1) is 13.8 Å². The predicted molar refractivity (Wildman–Crippen MR) is 122 cm³/mol. The number of rotatable bonds is 7. The fourth-order valence-corrected chi connectivity index (χ4v) is 3.13. The summed E-state index contributed by atoms with van der Waals surface area (Å²) in [6.45, 7) is 11.7. The number of unbranched alkanes of at least 4 members (excludes halogenated alkanes) is 1. The summed E-state index contributed by atoms with van der Waals surface area (Å²) in [6.07, 6.45) is 8.87. The number of aromatic nitrogens is 2. The summed E-state index contributed by atoms with van der Waals surface area (Å²) in [6, 6.07) is 8.48. The Bertz CT molecular complexity index is 591. The monoisotopic (exact) mass is 386 g/mol. The van der Waals surface area contributed by atoms with Crippen molar-refractivity contribution in [3.8, 4) is 0 Å². The summed E-state index contributed by atoms with van der Waals surface area (Å²) in [5, 5.41) is 13.8. The van der Waals surface area contributed by atoms with Crippen molar-refractivity contribution >= 4 is 0 Å². The molecule has 1 heterocycles. The summed E-state index contributed by atoms with van der Waals surface area (Å²) >= 11 is 0. The predicted octanol–water partition coefficient (Wildman–Crippen LogP) is 4.75. The van der Waals surface area contributed by atoms with Gasteiger partial charge >= 0.3 is 0 Å². The van der Waals surface area contributed by atoms with E-state index >= 15 is 0 Å². The molecule has 0 fully saturated rings. The van der Waals surface area contributed by atoms with Gasteiger partial charge in [-0.25, -0.2) is 0 Å². The highest BCUT2D eigenvalue weighted by molar-refractivity contribution is 5.27. The Morgan fingerprint density at radius 2 is 1.61 bits per heavy atom. The van der Waals surface area contributed by atoms with Crippen molar-refractivity contribution in [2.24, 2.45) is 0 Å². The van der Waals surface area contributed by atoms with Gasteiger partial charge in [0.2, 0.25) is 0 Å². The second-order valence-corrected chi connectivity index (χ2v) is 7.55. The lowest BCUT2D eigenvalue weighted by Crippen LogP contribution is -2.24. The Kier molecular flexibility index (Phi) is 13.3. The van der Waals surface area contributed by atoms with Crippen molar-refractivity contribution in [1.82, 2.24) is 20.8 Å². The zero-order valence-corrected chi connectivity index (χ0v) is 18.8. The number of aryl methyl sites for hydroxylation is 4. The zero-order valence-electron chi connectivity index (χ0n) is 18.8. The van der Waals surface area contributed by atoms with Gasteiger partial charge in [-0.15, -0.1) is 0 Å². The molecule has 1 aromatic carbocycles. The van der Waals surface area contributed by atoms with Crippen molar-refractivity contribution in [3.05, 3.63) is 52.3 Å². The van der Waals surface area contributed by atoms with Crippen molar-refractivity contribution in [1.29, 1.82) is 0 Å². The summed E-state index contributed by atoms with van der Waals surface area (Å²) in [5.74, 6) is 0. The van der Waals surface area contributed by atoms with E-state index in [9.17, 15) is 0 Å². The maximum atomic E-state index is 4.41. The number of benzene rings is 1. The van der Waals surface area contributed by atoms with Gasteiger partial charge in [-0.1, -0.05) is 55.7 Å². The minimum absolute atomic E-state index is 1.06. The Labute approximate surface area is 172 Å². The van der Waals surface area contributed by atoms with Gasteiger partial charge in [0.25, 0.3) is 0 Å². The third kappa shape index (κ3) is 10.0. The van der Waals surface area contributed by atoms with Gasteiger partial charge in [0.05, 0.1) is 5.69 Å². The molecule has 28 heavy (non-hydrogen) atoms. The highest BCUT2D eigenvalue weighted by atomic mass is 15.1. The number of hydrogen-bond acceptors (Lipinski definition) is 3. The molecule has 0 amide bonds. The van der Waals surface area contributed by atoms with Gasteiger partial charge in [-0.2, -0.15) is 5.10 Å². The third-order valence-electron chi connectivity index (χ3n) is 4.93.